The largest absolute Gasteiger partial charge is 0.398 e. The fourth-order valence-electron chi connectivity index (χ4n) is 10.4. The lowest BCUT2D eigenvalue weighted by Crippen LogP contribution is -2.15. The van der Waals surface area contributed by atoms with Crippen LogP contribution in [0.4, 0.5) is 40.3 Å². The Morgan fingerprint density at radius 1 is 0.380 bits per heavy atom. The third-order valence-corrected chi connectivity index (χ3v) is 16.2. The maximum absolute atomic E-state index is 12.1. The van der Waals surface area contributed by atoms with E-state index in [0.717, 1.165) is 100 Å². The van der Waals surface area contributed by atoms with Gasteiger partial charge in [-0.25, -0.2) is 34.9 Å². The molecule has 1 amide bonds. The lowest BCUT2D eigenvalue weighted by molar-refractivity contribution is 0.1000. The Hall–Kier alpha value is -14.0. The third-order valence-electron chi connectivity index (χ3n) is 15.5. The Labute approximate surface area is 631 Å². The van der Waals surface area contributed by atoms with E-state index in [0.29, 0.717) is 62.5 Å². The minimum atomic E-state index is -0.322. The van der Waals surface area contributed by atoms with Crippen molar-refractivity contribution in [2.45, 2.75) is 55.4 Å². The zero-order chi connectivity index (χ0) is 77.2. The number of ketones is 3. The molecule has 108 heavy (non-hydrogen) atoms. The van der Waals surface area contributed by atoms with E-state index in [4.69, 9.17) is 27.9 Å². The molecule has 0 aliphatic carbocycles. The number of carbonyl (C=O) groups excluding carboxylic acids is 4. The molecular weight excluding hydrogens is 1420 g/mol. The summed E-state index contributed by atoms with van der Waals surface area (Å²) in [6.45, 7) is 14.1. The quantitative estimate of drug-likeness (QED) is 0.0494. The number of fused-ring (bicyclic) bond motifs is 3. The molecule has 15 rings (SSSR count). The molecule has 5 aromatic carbocycles. The second kappa shape index (κ2) is 38.0. The highest BCUT2D eigenvalue weighted by Crippen LogP contribution is 2.31. The van der Waals surface area contributed by atoms with Crippen molar-refractivity contribution in [1.82, 2.24) is 59.8 Å². The van der Waals surface area contributed by atoms with Crippen LogP contribution in [0.1, 0.15) is 90.9 Å². The van der Waals surface area contributed by atoms with E-state index < -0.39 is 0 Å². The molecule has 0 saturated heterocycles. The molecule has 0 fully saturated rings. The highest BCUT2D eigenvalue weighted by molar-refractivity contribution is 9.10. The Morgan fingerprint density at radius 2 is 0.833 bits per heavy atom. The molecule has 10 heterocycles. The number of aromatic nitrogens is 12. The van der Waals surface area contributed by atoms with Crippen LogP contribution in [0.2, 0.25) is 0 Å². The predicted octanol–water partition coefficient (Wildman–Crippen LogP) is 16.5. The number of nitrogens with one attached hydrogen (secondary N) is 3. The molecule has 0 aliphatic heterocycles. The van der Waals surface area contributed by atoms with Gasteiger partial charge < -0.3 is 38.6 Å². The summed E-state index contributed by atoms with van der Waals surface area (Å²) in [6.07, 6.45) is 2.76. The molecular formula is C84H77BrN18O5. The van der Waals surface area contributed by atoms with Crippen LogP contribution in [0.25, 0.3) is 66.9 Å². The lowest BCUT2D eigenvalue weighted by Gasteiger charge is -2.11. The van der Waals surface area contributed by atoms with Gasteiger partial charge in [-0.05, 0) is 170 Å². The van der Waals surface area contributed by atoms with Crippen molar-refractivity contribution in [3.05, 3.63) is 321 Å². The van der Waals surface area contributed by atoms with E-state index in [1.165, 1.54) is 39.5 Å². The van der Waals surface area contributed by atoms with Gasteiger partial charge in [0, 0.05) is 96.6 Å². The number of benzene rings is 5. The topological polar surface area (TPSA) is 371 Å². The lowest BCUT2D eigenvalue weighted by atomic mass is 10.1. The van der Waals surface area contributed by atoms with E-state index in [1.807, 2.05) is 192 Å². The van der Waals surface area contributed by atoms with Crippen LogP contribution in [0.5, 0.6) is 0 Å². The number of Topliss-reactive ketones (excluding diaryl/α,β-unsaturated/α-hetero) is 3. The number of aryl methyl sites for hydroxylation is 5. The summed E-state index contributed by atoms with van der Waals surface area (Å²) in [5.41, 5.74) is 37.8. The number of halogens is 1. The average molecular weight is 1500 g/mol. The third kappa shape index (κ3) is 22.7. The second-order valence-corrected chi connectivity index (χ2v) is 24.9. The summed E-state index contributed by atoms with van der Waals surface area (Å²) in [4.78, 5) is 107. The van der Waals surface area contributed by atoms with Crippen molar-refractivity contribution in [2.24, 2.45) is 0 Å². The number of nitrogen functional groups attached to an aromatic ring is 4. The fraction of sp³-hybridized carbons (Fsp3) is 0.0952. The van der Waals surface area contributed by atoms with Gasteiger partial charge in [0.2, 0.25) is 0 Å². The standard InChI is InChI=1S/C19H16N6.C15H11BrN2.C15H14N2O2.C15H12N2O.2C8H9NO.C4H6N4/c1-12-5-4-8-15(23-12)17-9-16(13-6-2-3-7-14(13)24-17)25-19-10-18(20)21-11-22-19;1-10-5-4-8-14(17-10)15-9-12(16)11-6-2-3-7-13(11)18-15;1-10-6-5-9-14(16-10)15(19)17-13-8-4-3-7-12(13)11(2)18;1-10-5-4-8-13(16-10)14-9-15(18)11-6-2-3-7-12(11)17-14;1-6-4-3-5-8(9-6)7(2)10;1-6(10)7-4-2-3-5-8(7)9;5-3-1-4(6)8-2-7-3/h2-11H,1H3,(H3,20,21,22,24,25);2-9H,1H3;3-9H,1-2H3,(H,17,19);2-9H,1H3,(H,17,18);3-5H,1-2H3;2-5H,9H2,1H3;1-2H,(H4,5,6,7,8). The van der Waals surface area contributed by atoms with Gasteiger partial charge in [-0.3, -0.25) is 43.9 Å². The van der Waals surface area contributed by atoms with Crippen molar-refractivity contribution in [3.8, 4) is 34.2 Å². The van der Waals surface area contributed by atoms with Crippen LogP contribution in [-0.4, -0.2) is 83.1 Å². The molecule has 10 aromatic heterocycles. The SMILES string of the molecule is CC(=O)c1cccc(C)n1.CC(=O)c1ccccc1N.CC(=O)c1ccccc1NC(=O)c1cccc(C)n1.Cc1cccc(-c2cc(=O)c3ccccc3[nH]2)n1.Cc1cccc(-c2cc(Br)c3ccccc3n2)n1.Cc1cccc(-c2cc(Nc3cc(N)ncn3)c3ccccc3n2)n1.Nc1cc(N)ncn1. The first-order valence-corrected chi connectivity index (χ1v) is 34.5. The first-order chi connectivity index (χ1) is 51.9. The van der Waals surface area contributed by atoms with Crippen LogP contribution >= 0.6 is 15.9 Å². The van der Waals surface area contributed by atoms with Gasteiger partial charge in [-0.15, -0.1) is 0 Å². The number of nitrogens with zero attached hydrogens (tertiary/aromatic N) is 11. The number of carbonyl (C=O) groups is 4. The summed E-state index contributed by atoms with van der Waals surface area (Å²) in [6, 6.07) is 74.5. The summed E-state index contributed by atoms with van der Waals surface area (Å²) in [5, 5.41) is 8.85. The average Bonchev–Trinajstić information content (AvgIpc) is 0.805. The number of H-pyrrole nitrogens is 1. The number of para-hydroxylation sites is 5. The molecule has 0 unspecified atom stereocenters. The Kier molecular flexibility index (Phi) is 27.5. The molecule has 0 bridgehead atoms. The van der Waals surface area contributed by atoms with E-state index in [9.17, 15) is 24.0 Å². The van der Waals surface area contributed by atoms with Crippen LogP contribution in [0.3, 0.4) is 0 Å². The van der Waals surface area contributed by atoms with Crippen LogP contribution in [-0.2, 0) is 0 Å². The first kappa shape index (κ1) is 78.1. The van der Waals surface area contributed by atoms with Crippen molar-refractivity contribution < 1.29 is 19.2 Å². The molecule has 24 heteroatoms. The number of aromatic amines is 1. The molecule has 0 spiro atoms. The molecule has 23 nitrogen and oxygen atoms in total. The number of amides is 1. The Balaban J connectivity index is 0.000000150. The van der Waals surface area contributed by atoms with Crippen molar-refractivity contribution in [1.29, 1.82) is 0 Å². The molecule has 0 radical (unpaired) electrons. The monoisotopic (exact) mass is 1500 g/mol. The number of pyridine rings is 8. The van der Waals surface area contributed by atoms with E-state index in [2.05, 4.69) is 87.5 Å². The van der Waals surface area contributed by atoms with Crippen LogP contribution in [0, 0.1) is 34.6 Å². The van der Waals surface area contributed by atoms with Gasteiger partial charge in [0.25, 0.3) is 5.91 Å². The molecule has 0 aliphatic rings. The van der Waals surface area contributed by atoms with Gasteiger partial charge in [0.15, 0.2) is 22.8 Å². The van der Waals surface area contributed by atoms with E-state index in [1.54, 1.807) is 72.8 Å². The van der Waals surface area contributed by atoms with Crippen molar-refractivity contribution in [3.63, 3.8) is 0 Å². The van der Waals surface area contributed by atoms with Crippen LogP contribution in [0.15, 0.2) is 265 Å². The zero-order valence-electron chi connectivity index (χ0n) is 60.4. The van der Waals surface area contributed by atoms with Crippen LogP contribution < -0.4 is 39.0 Å². The maximum Gasteiger partial charge on any atom is 0.274 e. The van der Waals surface area contributed by atoms with E-state index in [-0.39, 0.29) is 28.7 Å². The zero-order valence-corrected chi connectivity index (χ0v) is 62.0. The summed E-state index contributed by atoms with van der Waals surface area (Å²) >= 11 is 3.60. The van der Waals surface area contributed by atoms with E-state index >= 15 is 0 Å². The number of rotatable bonds is 10. The van der Waals surface area contributed by atoms with Gasteiger partial charge in [-0.2, -0.15) is 0 Å². The van der Waals surface area contributed by atoms with Crippen molar-refractivity contribution in [2.75, 3.05) is 33.6 Å². The summed E-state index contributed by atoms with van der Waals surface area (Å²) in [5.74, 6) is 1.46. The fourth-order valence-corrected chi connectivity index (χ4v) is 10.9. The molecule has 11 N–H and O–H groups in total. The Bertz CT molecular complexity index is 5740. The van der Waals surface area contributed by atoms with Gasteiger partial charge in [0.05, 0.1) is 56.6 Å². The highest BCUT2D eigenvalue weighted by Gasteiger charge is 2.15. The molecule has 15 aromatic rings. The minimum absolute atomic E-state index is 0.0121. The number of hydrogen-bond acceptors (Lipinski definition) is 21. The maximum atomic E-state index is 12.1. The normalized spacial score (nSPS) is 10.2. The van der Waals surface area contributed by atoms with Crippen molar-refractivity contribution >= 4 is 112 Å². The number of anilines is 7. The smallest absolute Gasteiger partial charge is 0.274 e. The molecule has 0 saturated carbocycles. The first-order valence-electron chi connectivity index (χ1n) is 33.7. The number of nitrogens with two attached hydrogens (primary N) is 4. The summed E-state index contributed by atoms with van der Waals surface area (Å²) < 4.78 is 1.05. The molecule has 540 valence electrons. The summed E-state index contributed by atoms with van der Waals surface area (Å²) in [7, 11) is 0. The molecule has 0 atom stereocenters. The Morgan fingerprint density at radius 3 is 1.36 bits per heavy atom. The minimum Gasteiger partial charge on any atom is -0.398 e. The van der Waals surface area contributed by atoms with Gasteiger partial charge in [-0.1, -0.05) is 119 Å². The highest BCUT2D eigenvalue weighted by atomic mass is 79.9. The van der Waals surface area contributed by atoms with Gasteiger partial charge in [0.1, 0.15) is 47.3 Å². The van der Waals surface area contributed by atoms with Gasteiger partial charge >= 0.3 is 0 Å². The number of hydrogen-bond donors (Lipinski definition) is 7. The second-order valence-electron chi connectivity index (χ2n) is 24.1. The predicted molar refractivity (Wildman–Crippen MR) is 433 cm³/mol.